The number of allylic oxidation sites excluding steroid dienone is 2. The van der Waals surface area contributed by atoms with Gasteiger partial charge in [0.1, 0.15) is 0 Å². The molecule has 0 bridgehead atoms. The first-order chi connectivity index (χ1) is 39.6. The van der Waals surface area contributed by atoms with E-state index in [1.807, 2.05) is 56.9 Å². The Labute approximate surface area is 502 Å². The smallest absolute Gasteiger partial charge is 0.338 e. The van der Waals surface area contributed by atoms with Crippen LogP contribution < -0.4 is 31.5 Å². The number of nitrogens with zero attached hydrogens (tertiary/aromatic N) is 1. The highest BCUT2D eigenvalue weighted by atomic mass is 16.5. The number of unbranched alkanes of at least 4 members (excludes halogenated alkanes) is 18. The summed E-state index contributed by atoms with van der Waals surface area (Å²) in [7, 11) is 0. The molecule has 83 heavy (non-hydrogen) atoms. The molecule has 0 fully saturated rings. The lowest BCUT2D eigenvalue weighted by Crippen LogP contribution is -2.52. The number of hydrogen-bond acceptors (Lipinski definition) is 5. The van der Waals surface area contributed by atoms with E-state index in [9.17, 15) is 14.4 Å². The molecule has 11 nitrogen and oxygen atoms in total. The van der Waals surface area contributed by atoms with Crippen molar-refractivity contribution < 1.29 is 23.9 Å². The van der Waals surface area contributed by atoms with E-state index in [2.05, 4.69) is 125 Å². The van der Waals surface area contributed by atoms with Crippen molar-refractivity contribution in [2.75, 3.05) is 29.9 Å². The Balaban J connectivity index is 1.78. The van der Waals surface area contributed by atoms with Crippen LogP contribution in [0.3, 0.4) is 0 Å². The van der Waals surface area contributed by atoms with Crippen molar-refractivity contribution in [1.29, 1.82) is 0 Å². The number of carbonyl (C=O) groups excluding carboxylic acids is 4. The monoisotopic (exact) mass is 1140 g/mol. The largest absolute Gasteiger partial charge is 0.462 e. The molecule has 0 spiro atoms. The molecule has 4 aromatic carbocycles. The third kappa shape index (κ3) is 22.6. The van der Waals surface area contributed by atoms with Gasteiger partial charge in [0.15, 0.2) is 0 Å². The van der Waals surface area contributed by atoms with E-state index in [-0.39, 0.29) is 24.6 Å². The van der Waals surface area contributed by atoms with Crippen LogP contribution in [0, 0.1) is 0 Å². The molecule has 0 heterocycles. The summed E-state index contributed by atoms with van der Waals surface area (Å²) in [6.07, 6.45) is 24.5. The number of nitrogens with one attached hydrogen (secondary N) is 5. The van der Waals surface area contributed by atoms with Crippen LogP contribution in [0.2, 0.25) is 0 Å². The van der Waals surface area contributed by atoms with Crippen LogP contribution >= 0.6 is 0 Å². The van der Waals surface area contributed by atoms with Crippen LogP contribution in [0.25, 0.3) is 11.1 Å². The van der Waals surface area contributed by atoms with Crippen molar-refractivity contribution in [2.45, 2.75) is 240 Å². The van der Waals surface area contributed by atoms with Gasteiger partial charge in [-0.25, -0.2) is 19.2 Å². The van der Waals surface area contributed by atoms with Crippen molar-refractivity contribution >= 4 is 46.6 Å². The van der Waals surface area contributed by atoms with Gasteiger partial charge < -0.3 is 31.3 Å². The van der Waals surface area contributed by atoms with E-state index in [0.29, 0.717) is 36.4 Å². The molecule has 0 saturated carbocycles. The Kier molecular flexibility index (Phi) is 29.2. The fourth-order valence-electron chi connectivity index (χ4n) is 11.0. The molecule has 4 aromatic rings. The van der Waals surface area contributed by atoms with Crippen molar-refractivity contribution in [3.05, 3.63) is 143 Å². The van der Waals surface area contributed by atoms with Gasteiger partial charge in [-0.3, -0.25) is 4.90 Å². The number of anilines is 2. The quantitative estimate of drug-likeness (QED) is 0.0226. The average molecular weight is 1140 g/mol. The molecule has 0 aromatic heterocycles. The molecule has 0 aliphatic rings. The van der Waals surface area contributed by atoms with Crippen molar-refractivity contribution in [1.82, 2.24) is 21.3 Å². The first-order valence-electron chi connectivity index (χ1n) is 31.8. The van der Waals surface area contributed by atoms with E-state index >= 15 is 4.79 Å². The molecule has 1 atom stereocenters. The summed E-state index contributed by atoms with van der Waals surface area (Å²) >= 11 is 0. The molecule has 6 amide bonds. The SMILES string of the molecule is C=C(C)c1cc(N(C(=O)NCCCCCCCCCCCC)C(C)(C)c2cc(C(C)C)ccc2CC(C)(NC(=O)NCCCCCCCCCCCC)c2cccc(C(=C)C)c2)cc(C(C)(C)NC(=O)Nc2cccc(C(=O)OCC)c2)c1. The number of urea groups is 3. The fraction of sp³-hybridized carbons (Fsp3) is 0.556. The standard InChI is InChI=1S/C72H108N6O5/c1-15-18-20-22-24-26-28-30-32-34-44-73-67(80)77-72(14,61-40-36-38-56(46-61)53(4)5)52-59-43-42-57(54(6)7)50-65(59)71(12,13)78(69(82)74-45-35-33-31-29-27-25-23-21-19-16-2)64-49-60(55(8)9)47-62(51-64)70(10,11)76-68(81)75-63-41-37-39-58(48-63)66(79)83-17-3/h36-43,46-51,54H,4,8,15-35,44-45,52H2,1-3,5-7,9-14H3,(H,74,82)(H2,73,77,80)(H2,75,76,81). The summed E-state index contributed by atoms with van der Waals surface area (Å²) in [6.45, 7) is 34.7. The van der Waals surface area contributed by atoms with Gasteiger partial charge in [-0.2, -0.15) is 0 Å². The molecule has 456 valence electrons. The topological polar surface area (TPSA) is 141 Å². The van der Waals surface area contributed by atoms with E-state index in [1.54, 1.807) is 31.2 Å². The first-order valence-corrected chi connectivity index (χ1v) is 31.8. The summed E-state index contributed by atoms with van der Waals surface area (Å²) in [5, 5.41) is 16.1. The molecule has 11 heteroatoms. The zero-order chi connectivity index (χ0) is 61.0. The molecule has 0 radical (unpaired) electrons. The van der Waals surface area contributed by atoms with Crippen LogP contribution in [-0.2, 0) is 27.8 Å². The number of carbonyl (C=O) groups is 4. The molecule has 1 unspecified atom stereocenters. The fourth-order valence-corrected chi connectivity index (χ4v) is 11.0. The highest BCUT2D eigenvalue weighted by molar-refractivity contribution is 5.96. The minimum Gasteiger partial charge on any atom is -0.462 e. The van der Waals surface area contributed by atoms with Gasteiger partial charge >= 0.3 is 24.1 Å². The molecule has 0 saturated heterocycles. The van der Waals surface area contributed by atoms with Crippen LogP contribution in [0.4, 0.5) is 25.8 Å². The maximum absolute atomic E-state index is 15.5. The van der Waals surface area contributed by atoms with Gasteiger partial charge in [-0.05, 0) is 162 Å². The van der Waals surface area contributed by atoms with Crippen molar-refractivity contribution in [2.24, 2.45) is 0 Å². The second-order valence-electron chi connectivity index (χ2n) is 24.9. The normalized spacial score (nSPS) is 12.3. The Morgan fingerprint density at radius 1 is 0.554 bits per heavy atom. The Hall–Kier alpha value is -6.36. The second-order valence-corrected chi connectivity index (χ2v) is 24.9. The summed E-state index contributed by atoms with van der Waals surface area (Å²) in [4.78, 5) is 58.1. The predicted molar refractivity (Wildman–Crippen MR) is 351 cm³/mol. The summed E-state index contributed by atoms with van der Waals surface area (Å²) < 4.78 is 5.21. The maximum atomic E-state index is 15.5. The lowest BCUT2D eigenvalue weighted by Gasteiger charge is -2.42. The van der Waals surface area contributed by atoms with E-state index in [0.717, 1.165) is 82.2 Å². The molecule has 4 rings (SSSR count). The van der Waals surface area contributed by atoms with Gasteiger partial charge in [0.05, 0.1) is 28.8 Å². The summed E-state index contributed by atoms with van der Waals surface area (Å²) in [5.74, 6) is -0.296. The zero-order valence-corrected chi connectivity index (χ0v) is 53.5. The van der Waals surface area contributed by atoms with Gasteiger partial charge in [-0.15, -0.1) is 0 Å². The van der Waals surface area contributed by atoms with Gasteiger partial charge in [0, 0.05) is 24.5 Å². The predicted octanol–water partition coefficient (Wildman–Crippen LogP) is 19.2. The zero-order valence-electron chi connectivity index (χ0n) is 53.5. The van der Waals surface area contributed by atoms with Gasteiger partial charge in [0.25, 0.3) is 0 Å². The third-order valence-corrected chi connectivity index (χ3v) is 16.2. The van der Waals surface area contributed by atoms with Crippen molar-refractivity contribution in [3.8, 4) is 0 Å². The molecular formula is C72H108N6O5. The number of esters is 1. The third-order valence-electron chi connectivity index (χ3n) is 16.2. The number of amides is 6. The number of hydrogen-bond donors (Lipinski definition) is 5. The minimum atomic E-state index is -1.01. The minimum absolute atomic E-state index is 0.176. The molecular weight excluding hydrogens is 1030 g/mol. The number of ether oxygens (including phenoxy) is 1. The van der Waals surface area contributed by atoms with Gasteiger partial charge in [0.2, 0.25) is 0 Å². The van der Waals surface area contributed by atoms with Gasteiger partial charge in [-0.1, -0.05) is 210 Å². The highest BCUT2D eigenvalue weighted by Crippen LogP contribution is 2.41. The Morgan fingerprint density at radius 3 is 1.64 bits per heavy atom. The Bertz CT molecular complexity index is 2710. The van der Waals surface area contributed by atoms with Crippen molar-refractivity contribution in [3.63, 3.8) is 0 Å². The second kappa shape index (κ2) is 35.1. The molecule has 0 aliphatic heterocycles. The number of rotatable bonds is 37. The van der Waals surface area contributed by atoms with E-state index in [4.69, 9.17) is 4.74 Å². The summed E-state index contributed by atoms with van der Waals surface area (Å²) in [6, 6.07) is 26.6. The average Bonchev–Trinajstić information content (AvgIpc) is 1.84. The first kappa shape index (κ1) is 69.1. The number of benzene rings is 4. The van der Waals surface area contributed by atoms with Crippen LogP contribution in [0.5, 0.6) is 0 Å². The summed E-state index contributed by atoms with van der Waals surface area (Å²) in [5.41, 5.74) is 6.77. The Morgan fingerprint density at radius 2 is 1.08 bits per heavy atom. The molecule has 5 N–H and O–H groups in total. The van der Waals surface area contributed by atoms with E-state index in [1.165, 1.54) is 96.3 Å². The lowest BCUT2D eigenvalue weighted by atomic mass is 9.78. The lowest BCUT2D eigenvalue weighted by molar-refractivity contribution is 0.0526. The van der Waals surface area contributed by atoms with Crippen LogP contribution in [0.1, 0.15) is 267 Å². The van der Waals surface area contributed by atoms with Crippen LogP contribution in [0.15, 0.2) is 98.1 Å². The highest BCUT2D eigenvalue weighted by Gasteiger charge is 2.40. The molecule has 0 aliphatic carbocycles. The van der Waals surface area contributed by atoms with Crippen LogP contribution in [-0.4, -0.2) is 43.8 Å². The van der Waals surface area contributed by atoms with E-state index < -0.39 is 28.6 Å². The maximum Gasteiger partial charge on any atom is 0.338 e.